The van der Waals surface area contributed by atoms with Gasteiger partial charge < -0.3 is 0 Å². The van der Waals surface area contributed by atoms with Gasteiger partial charge in [-0.15, -0.1) is 10.2 Å². The van der Waals surface area contributed by atoms with Crippen LogP contribution in [0.4, 0.5) is 0 Å². The van der Waals surface area contributed by atoms with Crippen LogP contribution < -0.4 is 5.56 Å². The second-order valence-corrected chi connectivity index (χ2v) is 8.61. The molecule has 6 nitrogen and oxygen atoms in total. The summed E-state index contributed by atoms with van der Waals surface area (Å²) in [6.45, 7) is 0.376. The van der Waals surface area contributed by atoms with Crippen LogP contribution in [0.25, 0.3) is 16.7 Å². The molecule has 0 aliphatic heterocycles. The van der Waals surface area contributed by atoms with Gasteiger partial charge in [0, 0.05) is 10.6 Å². The number of halogens is 1. The molecule has 32 heavy (non-hydrogen) atoms. The van der Waals surface area contributed by atoms with Gasteiger partial charge in [0.25, 0.3) is 5.56 Å². The Morgan fingerprint density at radius 1 is 0.906 bits per heavy atom. The van der Waals surface area contributed by atoms with Gasteiger partial charge >= 0.3 is 0 Å². The summed E-state index contributed by atoms with van der Waals surface area (Å²) in [6.07, 6.45) is 0. The standard InChI is InChI=1S/C24H17ClN4O2S/c25-18-12-10-17(11-13-18)21(30)15-32-24-27-26-23-28(14-16-6-2-1-3-7-16)22(31)19-8-4-5-9-20(19)29(23)24/h1-13H,14-15H2. The first-order valence-electron chi connectivity index (χ1n) is 9.94. The van der Waals surface area contributed by atoms with Gasteiger partial charge in [-0.2, -0.15) is 0 Å². The first-order valence-corrected chi connectivity index (χ1v) is 11.3. The normalized spacial score (nSPS) is 11.3. The van der Waals surface area contributed by atoms with Crippen LogP contribution in [0.5, 0.6) is 0 Å². The zero-order chi connectivity index (χ0) is 22.1. The fourth-order valence-electron chi connectivity index (χ4n) is 3.58. The van der Waals surface area contributed by atoms with Crippen molar-refractivity contribution in [2.45, 2.75) is 11.7 Å². The molecule has 5 rings (SSSR count). The third kappa shape index (κ3) is 3.81. The molecule has 0 aliphatic rings. The first kappa shape index (κ1) is 20.5. The van der Waals surface area contributed by atoms with E-state index in [4.69, 9.17) is 11.6 Å². The third-order valence-corrected chi connectivity index (χ3v) is 6.34. The van der Waals surface area contributed by atoms with Crippen molar-refractivity contribution in [3.63, 3.8) is 0 Å². The highest BCUT2D eigenvalue weighted by Crippen LogP contribution is 2.23. The van der Waals surface area contributed by atoms with Gasteiger partial charge in [-0.1, -0.05) is 65.8 Å². The predicted octanol–water partition coefficient (Wildman–Crippen LogP) is 4.72. The molecule has 0 unspecified atom stereocenters. The first-order chi connectivity index (χ1) is 15.6. The minimum atomic E-state index is -0.127. The molecular weight excluding hydrogens is 444 g/mol. The van der Waals surface area contributed by atoms with Crippen LogP contribution in [0.2, 0.25) is 5.02 Å². The largest absolute Gasteiger partial charge is 0.293 e. The zero-order valence-corrected chi connectivity index (χ0v) is 18.4. The number of carbonyl (C=O) groups excluding carboxylic acids is 1. The van der Waals surface area contributed by atoms with Crippen LogP contribution in [0.1, 0.15) is 15.9 Å². The van der Waals surface area contributed by atoms with Gasteiger partial charge in [0.15, 0.2) is 10.9 Å². The van der Waals surface area contributed by atoms with E-state index in [1.807, 2.05) is 52.9 Å². The minimum Gasteiger partial charge on any atom is -0.293 e. The molecule has 2 heterocycles. The Hall–Kier alpha value is -3.42. The van der Waals surface area contributed by atoms with Crippen molar-refractivity contribution in [3.8, 4) is 0 Å². The fraction of sp³-hybridized carbons (Fsp3) is 0.0833. The molecule has 0 amide bonds. The number of ketones is 1. The number of carbonyl (C=O) groups is 1. The second kappa shape index (κ2) is 8.61. The molecule has 0 N–H and O–H groups in total. The van der Waals surface area contributed by atoms with E-state index in [0.717, 1.165) is 5.56 Å². The number of Topliss-reactive ketones (excluding diaryl/α,β-unsaturated/α-hetero) is 1. The number of fused-ring (bicyclic) bond motifs is 3. The van der Waals surface area contributed by atoms with Crippen LogP contribution in [0.3, 0.4) is 0 Å². The van der Waals surface area contributed by atoms with Gasteiger partial charge in [0.05, 0.1) is 23.2 Å². The number of para-hydroxylation sites is 1. The summed E-state index contributed by atoms with van der Waals surface area (Å²) in [5.74, 6) is 0.596. The summed E-state index contributed by atoms with van der Waals surface area (Å²) in [4.78, 5) is 25.9. The smallest absolute Gasteiger partial charge is 0.263 e. The van der Waals surface area contributed by atoms with Gasteiger partial charge in [0.2, 0.25) is 5.78 Å². The van der Waals surface area contributed by atoms with Gasteiger partial charge in [-0.25, -0.2) is 0 Å². The Balaban J connectivity index is 1.57. The molecule has 0 atom stereocenters. The maximum absolute atomic E-state index is 13.2. The Morgan fingerprint density at radius 2 is 1.62 bits per heavy atom. The number of hydrogen-bond donors (Lipinski definition) is 0. The number of hydrogen-bond acceptors (Lipinski definition) is 5. The van der Waals surface area contributed by atoms with Crippen LogP contribution in [-0.4, -0.2) is 30.7 Å². The number of nitrogens with zero attached hydrogens (tertiary/aromatic N) is 4. The Labute approximate surface area is 192 Å². The monoisotopic (exact) mass is 460 g/mol. The molecule has 0 aliphatic carbocycles. The second-order valence-electron chi connectivity index (χ2n) is 7.23. The number of aromatic nitrogens is 4. The summed E-state index contributed by atoms with van der Waals surface area (Å²) in [5.41, 5.74) is 2.16. The van der Waals surface area contributed by atoms with Crippen molar-refractivity contribution in [2.75, 3.05) is 5.75 Å². The molecule has 2 aromatic heterocycles. The summed E-state index contributed by atoms with van der Waals surface area (Å²) in [5, 5.41) is 10.3. The van der Waals surface area contributed by atoms with E-state index in [1.165, 1.54) is 11.8 Å². The highest BCUT2D eigenvalue weighted by molar-refractivity contribution is 7.99. The van der Waals surface area contributed by atoms with E-state index >= 15 is 0 Å². The molecule has 158 valence electrons. The molecule has 0 fully saturated rings. The van der Waals surface area contributed by atoms with E-state index in [-0.39, 0.29) is 17.1 Å². The molecule has 0 saturated carbocycles. The molecule has 0 radical (unpaired) electrons. The average Bonchev–Trinajstić information content (AvgIpc) is 3.25. The van der Waals surface area contributed by atoms with Crippen molar-refractivity contribution in [1.82, 2.24) is 19.2 Å². The van der Waals surface area contributed by atoms with Crippen molar-refractivity contribution >= 4 is 45.8 Å². The van der Waals surface area contributed by atoms with Crippen LogP contribution >= 0.6 is 23.4 Å². The lowest BCUT2D eigenvalue weighted by Crippen LogP contribution is -2.24. The van der Waals surface area contributed by atoms with E-state index in [0.29, 0.717) is 39.0 Å². The molecule has 0 saturated heterocycles. The topological polar surface area (TPSA) is 69.3 Å². The Kier molecular flexibility index (Phi) is 5.51. The lowest BCUT2D eigenvalue weighted by molar-refractivity contribution is 0.102. The average molecular weight is 461 g/mol. The molecule has 8 heteroatoms. The summed E-state index contributed by atoms with van der Waals surface area (Å²) in [6, 6.07) is 23.9. The van der Waals surface area contributed by atoms with E-state index in [1.54, 1.807) is 34.9 Å². The third-order valence-electron chi connectivity index (χ3n) is 5.16. The predicted molar refractivity (Wildman–Crippen MR) is 127 cm³/mol. The van der Waals surface area contributed by atoms with Crippen molar-refractivity contribution < 1.29 is 4.79 Å². The highest BCUT2D eigenvalue weighted by Gasteiger charge is 2.18. The molecule has 0 bridgehead atoms. The number of rotatable bonds is 6. The van der Waals surface area contributed by atoms with E-state index in [2.05, 4.69) is 10.2 Å². The fourth-order valence-corrected chi connectivity index (χ4v) is 4.55. The van der Waals surface area contributed by atoms with Crippen molar-refractivity contribution in [1.29, 1.82) is 0 Å². The maximum atomic E-state index is 13.2. The Morgan fingerprint density at radius 3 is 2.41 bits per heavy atom. The van der Waals surface area contributed by atoms with Gasteiger partial charge in [0.1, 0.15) is 0 Å². The van der Waals surface area contributed by atoms with Crippen LogP contribution in [0, 0.1) is 0 Å². The van der Waals surface area contributed by atoms with Gasteiger partial charge in [-0.05, 0) is 42.0 Å². The summed E-state index contributed by atoms with van der Waals surface area (Å²) < 4.78 is 3.47. The minimum absolute atomic E-state index is 0.0367. The highest BCUT2D eigenvalue weighted by atomic mass is 35.5. The molecular formula is C24H17ClN4O2S. The van der Waals surface area contributed by atoms with Gasteiger partial charge in [-0.3, -0.25) is 18.6 Å². The quantitative estimate of drug-likeness (QED) is 0.271. The summed E-state index contributed by atoms with van der Waals surface area (Å²) >= 11 is 7.21. The molecule has 5 aromatic rings. The molecule has 0 spiro atoms. The number of thioether (sulfide) groups is 1. The summed E-state index contributed by atoms with van der Waals surface area (Å²) in [7, 11) is 0. The van der Waals surface area contributed by atoms with E-state index in [9.17, 15) is 9.59 Å². The van der Waals surface area contributed by atoms with Crippen molar-refractivity contribution in [2.24, 2.45) is 0 Å². The van der Waals surface area contributed by atoms with Crippen LogP contribution in [-0.2, 0) is 6.54 Å². The van der Waals surface area contributed by atoms with E-state index < -0.39 is 0 Å². The molecule has 3 aromatic carbocycles. The van der Waals surface area contributed by atoms with Crippen molar-refractivity contribution in [3.05, 3.63) is 105 Å². The SMILES string of the molecule is O=C(CSc1nnc2n(Cc3ccccc3)c(=O)c3ccccc3n12)c1ccc(Cl)cc1. The lowest BCUT2D eigenvalue weighted by atomic mass is 10.1. The number of benzene rings is 3. The van der Waals surface area contributed by atoms with Crippen LogP contribution in [0.15, 0.2) is 88.8 Å². The zero-order valence-electron chi connectivity index (χ0n) is 16.8. The maximum Gasteiger partial charge on any atom is 0.263 e. The lowest BCUT2D eigenvalue weighted by Gasteiger charge is -2.11. The Bertz CT molecular complexity index is 1490.